The lowest BCUT2D eigenvalue weighted by molar-refractivity contribution is 0.283. The van der Waals surface area contributed by atoms with E-state index in [1.165, 1.54) is 27.2 Å². The lowest BCUT2D eigenvalue weighted by atomic mass is 10.2. The summed E-state index contributed by atoms with van der Waals surface area (Å²) in [4.78, 5) is 0. The highest BCUT2D eigenvalue weighted by molar-refractivity contribution is 7.92. The second kappa shape index (κ2) is 11.8. The predicted octanol–water partition coefficient (Wildman–Crippen LogP) is 0.620. The zero-order valence-corrected chi connectivity index (χ0v) is 18.0. The van der Waals surface area contributed by atoms with Crippen molar-refractivity contribution in [2.75, 3.05) is 24.9 Å². The van der Waals surface area contributed by atoms with Crippen LogP contribution in [0.2, 0.25) is 0 Å². The summed E-state index contributed by atoms with van der Waals surface area (Å²) < 4.78 is 82.9. The minimum absolute atomic E-state index is 0.221. The van der Waals surface area contributed by atoms with E-state index in [1.54, 1.807) is 0 Å². The molecule has 0 radical (unpaired) electrons. The second-order valence-corrected chi connectivity index (χ2v) is 11.8. The molecule has 0 N–H and O–H groups in total. The van der Waals surface area contributed by atoms with Crippen molar-refractivity contribution in [1.82, 2.24) is 0 Å². The van der Waals surface area contributed by atoms with Gasteiger partial charge in [0, 0.05) is 6.92 Å². The molecule has 0 aliphatic rings. The lowest BCUT2D eigenvalue weighted by Crippen LogP contribution is -2.25. The highest BCUT2D eigenvalue weighted by Crippen LogP contribution is 2.11. The molecule has 0 fully saturated rings. The first-order valence-electron chi connectivity index (χ1n) is 7.49. The van der Waals surface area contributed by atoms with Gasteiger partial charge in [-0.05, 0) is 30.9 Å². The van der Waals surface area contributed by atoms with Crippen molar-refractivity contribution in [3.05, 3.63) is 0 Å². The van der Waals surface area contributed by atoms with Gasteiger partial charge in [0.25, 0.3) is 20.2 Å². The molecule has 0 heterocycles. The highest BCUT2D eigenvalue weighted by atomic mass is 32.2. The third-order valence-electron chi connectivity index (χ3n) is 3.01. The molecule has 4 atom stereocenters. The fraction of sp³-hybridized carbons (Fsp3) is 1.00. The monoisotopic (exact) mass is 442 g/mol. The van der Waals surface area contributed by atoms with Crippen LogP contribution in [0.15, 0.2) is 0 Å². The fourth-order valence-corrected chi connectivity index (χ4v) is 5.47. The van der Waals surface area contributed by atoms with Gasteiger partial charge in [-0.2, -0.15) is 16.8 Å². The SMILES string of the molecule is COS(=O)C(C)OS(=O)(=O)CCCCCCS(=O)(=O)OC(C)[S+](C)[O-]. The smallest absolute Gasteiger partial charge is 0.271 e. The van der Waals surface area contributed by atoms with Gasteiger partial charge in [0.2, 0.25) is 5.44 Å². The van der Waals surface area contributed by atoms with Crippen LogP contribution in [0.4, 0.5) is 0 Å². The molecule has 152 valence electrons. The van der Waals surface area contributed by atoms with Crippen molar-refractivity contribution in [3.8, 4) is 0 Å². The van der Waals surface area contributed by atoms with E-state index in [0.717, 1.165) is 0 Å². The molecule has 0 saturated heterocycles. The molecule has 0 saturated carbocycles. The van der Waals surface area contributed by atoms with Crippen LogP contribution in [0.5, 0.6) is 0 Å². The molecule has 0 aliphatic heterocycles. The molecule has 25 heavy (non-hydrogen) atoms. The van der Waals surface area contributed by atoms with E-state index in [4.69, 9.17) is 8.37 Å². The zero-order valence-electron chi connectivity index (χ0n) is 14.7. The first kappa shape index (κ1) is 25.2. The summed E-state index contributed by atoms with van der Waals surface area (Å²) in [5.74, 6) is -0.477. The molecule has 0 bridgehead atoms. The average Bonchev–Trinajstić information content (AvgIpc) is 2.48. The average molecular weight is 443 g/mol. The van der Waals surface area contributed by atoms with E-state index in [-0.39, 0.29) is 17.9 Å². The molecule has 0 aliphatic carbocycles. The molecule has 0 aromatic heterocycles. The van der Waals surface area contributed by atoms with Crippen LogP contribution in [0, 0.1) is 0 Å². The molecule has 0 spiro atoms. The van der Waals surface area contributed by atoms with Crippen LogP contribution in [0.25, 0.3) is 0 Å². The summed E-state index contributed by atoms with van der Waals surface area (Å²) in [6.07, 6.45) is 2.91. The van der Waals surface area contributed by atoms with Gasteiger partial charge in [0.15, 0.2) is 16.5 Å². The van der Waals surface area contributed by atoms with E-state index in [2.05, 4.69) is 4.18 Å². The number of hydrogen-bond acceptors (Lipinski definition) is 9. The summed E-state index contributed by atoms with van der Waals surface area (Å²) in [6, 6.07) is 0. The Labute approximate surface area is 155 Å². The second-order valence-electron chi connectivity index (χ2n) is 5.19. The minimum atomic E-state index is -3.83. The molecular formula is C12H26O9S4. The zero-order chi connectivity index (χ0) is 19.7. The first-order chi connectivity index (χ1) is 11.4. The summed E-state index contributed by atoms with van der Waals surface area (Å²) in [5.41, 5.74) is -1.99. The Morgan fingerprint density at radius 1 is 0.960 bits per heavy atom. The maximum Gasteiger partial charge on any atom is 0.271 e. The Morgan fingerprint density at radius 2 is 1.40 bits per heavy atom. The van der Waals surface area contributed by atoms with Crippen molar-refractivity contribution in [2.45, 2.75) is 50.4 Å². The van der Waals surface area contributed by atoms with Gasteiger partial charge in [-0.15, -0.1) is 0 Å². The summed E-state index contributed by atoms with van der Waals surface area (Å²) >= 11 is -3.25. The fourth-order valence-electron chi connectivity index (χ4n) is 1.64. The summed E-state index contributed by atoms with van der Waals surface area (Å²) in [5, 5.41) is 0. The van der Waals surface area contributed by atoms with E-state index in [1.807, 2.05) is 0 Å². The van der Waals surface area contributed by atoms with Crippen LogP contribution < -0.4 is 0 Å². The van der Waals surface area contributed by atoms with E-state index < -0.39 is 53.4 Å². The Hall–Kier alpha value is 0.240. The standard InChI is InChI=1S/C12H26O9S4/c1-11(22(4)13)20-24(15,16)9-7-5-6-8-10-25(17,18)21-12(2)23(14)19-3/h11-12H,5-10H2,1-4H3. The molecule has 0 amide bonds. The number of rotatable bonds is 14. The maximum atomic E-state index is 11.7. The minimum Gasteiger partial charge on any atom is -0.615 e. The third-order valence-corrected chi connectivity index (χ3v) is 7.99. The van der Waals surface area contributed by atoms with Crippen LogP contribution in [0.1, 0.15) is 39.5 Å². The van der Waals surface area contributed by atoms with Crippen molar-refractivity contribution < 1.29 is 38.1 Å². The Balaban J connectivity index is 4.04. The van der Waals surface area contributed by atoms with Gasteiger partial charge >= 0.3 is 0 Å². The maximum absolute atomic E-state index is 11.7. The summed E-state index contributed by atoms with van der Waals surface area (Å²) in [7, 11) is -6.40. The van der Waals surface area contributed by atoms with Crippen LogP contribution in [-0.2, 0) is 55.0 Å². The van der Waals surface area contributed by atoms with E-state index in [9.17, 15) is 25.6 Å². The largest absolute Gasteiger partial charge is 0.615 e. The lowest BCUT2D eigenvalue weighted by Gasteiger charge is -2.14. The van der Waals surface area contributed by atoms with Gasteiger partial charge < -0.3 is 4.55 Å². The van der Waals surface area contributed by atoms with Crippen molar-refractivity contribution >= 4 is 42.5 Å². The van der Waals surface area contributed by atoms with Gasteiger partial charge in [-0.1, -0.05) is 12.8 Å². The van der Waals surface area contributed by atoms with Crippen LogP contribution >= 0.6 is 0 Å². The van der Waals surface area contributed by atoms with Gasteiger partial charge in [0.1, 0.15) is 0 Å². The predicted molar refractivity (Wildman–Crippen MR) is 96.4 cm³/mol. The molecule has 0 aromatic rings. The third kappa shape index (κ3) is 12.3. The van der Waals surface area contributed by atoms with Gasteiger partial charge in [-0.3, -0.25) is 8.37 Å². The normalized spacial score (nSPS) is 17.8. The molecular weight excluding hydrogens is 416 g/mol. The van der Waals surface area contributed by atoms with Crippen LogP contribution in [0.3, 0.4) is 0 Å². The molecule has 0 aromatic carbocycles. The quantitative estimate of drug-likeness (QED) is 0.215. The Bertz CT molecular complexity index is 600. The van der Waals surface area contributed by atoms with E-state index in [0.29, 0.717) is 19.3 Å². The van der Waals surface area contributed by atoms with Crippen molar-refractivity contribution in [3.63, 3.8) is 0 Å². The van der Waals surface area contributed by atoms with Crippen molar-refractivity contribution in [1.29, 1.82) is 0 Å². The number of unbranched alkanes of at least 4 members (excludes halogenated alkanes) is 3. The highest BCUT2D eigenvalue weighted by Gasteiger charge is 2.22. The first-order valence-corrected chi connectivity index (χ1v) is 13.4. The number of hydrogen-bond donors (Lipinski definition) is 0. The molecule has 13 heteroatoms. The topological polar surface area (TPSA) is 136 Å². The van der Waals surface area contributed by atoms with E-state index >= 15 is 0 Å². The van der Waals surface area contributed by atoms with Crippen LogP contribution in [-0.4, -0.2) is 61.3 Å². The van der Waals surface area contributed by atoms with Gasteiger partial charge in [0.05, 0.1) is 24.9 Å². The van der Waals surface area contributed by atoms with Gasteiger partial charge in [-0.25, -0.2) is 8.39 Å². The Morgan fingerprint density at radius 3 is 1.80 bits per heavy atom. The molecule has 0 rings (SSSR count). The Kier molecular flexibility index (Phi) is 12.0. The van der Waals surface area contributed by atoms with Crippen molar-refractivity contribution in [2.24, 2.45) is 0 Å². The molecule has 4 unspecified atom stereocenters. The molecule has 9 nitrogen and oxygen atoms in total. The summed E-state index contributed by atoms with van der Waals surface area (Å²) in [6.45, 7) is 2.74.